The SMILES string of the molecule is CC(=O)N[C@H]1CC[C@](CNC(=O)c2noc3c2CCCC3)(c2ccccc2)CC[C@@H]1O. The minimum absolute atomic E-state index is 0.139. The van der Waals surface area contributed by atoms with Crippen LogP contribution in [0.4, 0.5) is 0 Å². The van der Waals surface area contributed by atoms with Crippen molar-refractivity contribution in [1.29, 1.82) is 0 Å². The third-order valence-electron chi connectivity index (χ3n) is 6.84. The monoisotopic (exact) mass is 425 g/mol. The van der Waals surface area contributed by atoms with Gasteiger partial charge in [0, 0.05) is 30.9 Å². The normalized spacial score (nSPS) is 25.9. The number of aromatic nitrogens is 1. The summed E-state index contributed by atoms with van der Waals surface area (Å²) < 4.78 is 5.41. The van der Waals surface area contributed by atoms with Crippen molar-refractivity contribution in [2.45, 2.75) is 75.9 Å². The van der Waals surface area contributed by atoms with E-state index in [4.69, 9.17) is 4.52 Å². The van der Waals surface area contributed by atoms with Gasteiger partial charge in [-0.2, -0.15) is 0 Å². The fourth-order valence-corrected chi connectivity index (χ4v) is 5.06. The standard InChI is InChI=1S/C24H31N3O4/c1-16(28)26-19-11-13-24(14-12-20(19)29,17-7-3-2-4-8-17)15-25-23(30)22-18-9-5-6-10-21(18)31-27-22/h2-4,7-8,19-20,29H,5-6,9-15H2,1H3,(H,25,30)(H,26,28)/t19-,20-,24-/m0/s1. The Morgan fingerprint density at radius 2 is 1.90 bits per heavy atom. The first kappa shape index (κ1) is 21.6. The smallest absolute Gasteiger partial charge is 0.273 e. The van der Waals surface area contributed by atoms with Gasteiger partial charge in [0.1, 0.15) is 5.76 Å². The van der Waals surface area contributed by atoms with Crippen molar-refractivity contribution in [2.75, 3.05) is 6.54 Å². The number of carbonyl (C=O) groups excluding carboxylic acids is 2. The lowest BCUT2D eigenvalue weighted by Crippen LogP contribution is -2.42. The molecule has 1 aromatic heterocycles. The average molecular weight is 426 g/mol. The molecule has 1 saturated carbocycles. The lowest BCUT2D eigenvalue weighted by atomic mass is 9.74. The highest BCUT2D eigenvalue weighted by molar-refractivity contribution is 5.93. The maximum absolute atomic E-state index is 13.0. The molecule has 2 aliphatic carbocycles. The Kier molecular flexibility index (Phi) is 6.41. The number of amides is 2. The van der Waals surface area contributed by atoms with Gasteiger partial charge in [0.25, 0.3) is 5.91 Å². The lowest BCUT2D eigenvalue weighted by molar-refractivity contribution is -0.120. The Morgan fingerprint density at radius 3 is 2.68 bits per heavy atom. The number of hydrogen-bond donors (Lipinski definition) is 3. The molecule has 166 valence electrons. The van der Waals surface area contributed by atoms with Crippen molar-refractivity contribution in [3.8, 4) is 0 Å². The van der Waals surface area contributed by atoms with Crippen molar-refractivity contribution in [2.24, 2.45) is 0 Å². The maximum Gasteiger partial charge on any atom is 0.273 e. The van der Waals surface area contributed by atoms with E-state index >= 15 is 0 Å². The van der Waals surface area contributed by atoms with Crippen LogP contribution in [0.15, 0.2) is 34.9 Å². The maximum atomic E-state index is 13.0. The number of nitrogens with one attached hydrogen (secondary N) is 2. The van der Waals surface area contributed by atoms with Crippen LogP contribution in [0.3, 0.4) is 0 Å². The van der Waals surface area contributed by atoms with Gasteiger partial charge in [0.15, 0.2) is 5.69 Å². The van der Waals surface area contributed by atoms with Crippen LogP contribution >= 0.6 is 0 Å². The number of nitrogens with zero attached hydrogens (tertiary/aromatic N) is 1. The van der Waals surface area contributed by atoms with Gasteiger partial charge < -0.3 is 20.3 Å². The highest BCUT2D eigenvalue weighted by Crippen LogP contribution is 2.38. The molecule has 0 unspecified atom stereocenters. The van der Waals surface area contributed by atoms with E-state index in [0.29, 0.717) is 31.5 Å². The summed E-state index contributed by atoms with van der Waals surface area (Å²) in [5.41, 5.74) is 2.16. The fourth-order valence-electron chi connectivity index (χ4n) is 5.06. The molecule has 7 heteroatoms. The molecule has 0 bridgehead atoms. The number of fused-ring (bicyclic) bond motifs is 1. The second-order valence-corrected chi connectivity index (χ2v) is 8.92. The molecule has 2 aliphatic rings. The Balaban J connectivity index is 1.54. The lowest BCUT2D eigenvalue weighted by Gasteiger charge is -2.34. The minimum atomic E-state index is -0.604. The van der Waals surface area contributed by atoms with E-state index in [9.17, 15) is 14.7 Å². The van der Waals surface area contributed by atoms with Crippen molar-refractivity contribution in [1.82, 2.24) is 15.8 Å². The second kappa shape index (κ2) is 9.22. The van der Waals surface area contributed by atoms with Crippen molar-refractivity contribution in [3.05, 3.63) is 52.9 Å². The largest absolute Gasteiger partial charge is 0.391 e. The Labute approximate surface area is 182 Å². The first-order valence-electron chi connectivity index (χ1n) is 11.2. The number of rotatable bonds is 5. The topological polar surface area (TPSA) is 104 Å². The van der Waals surface area contributed by atoms with Crippen LogP contribution in [0.1, 0.15) is 72.8 Å². The molecule has 4 rings (SSSR count). The zero-order chi connectivity index (χ0) is 21.8. The Bertz CT molecular complexity index is 926. The summed E-state index contributed by atoms with van der Waals surface area (Å²) in [5.74, 6) is 0.496. The third kappa shape index (κ3) is 4.66. The van der Waals surface area contributed by atoms with E-state index in [-0.39, 0.29) is 23.3 Å². The van der Waals surface area contributed by atoms with Crippen LogP contribution in [0.25, 0.3) is 0 Å². The summed E-state index contributed by atoms with van der Waals surface area (Å²) in [4.78, 5) is 24.6. The number of carbonyl (C=O) groups is 2. The molecular weight excluding hydrogens is 394 g/mol. The van der Waals surface area contributed by atoms with Crippen LogP contribution in [0, 0.1) is 0 Å². The van der Waals surface area contributed by atoms with Crippen molar-refractivity contribution < 1.29 is 19.2 Å². The number of hydrogen-bond acceptors (Lipinski definition) is 5. The molecule has 0 aliphatic heterocycles. The van der Waals surface area contributed by atoms with Crippen LogP contribution in [0.5, 0.6) is 0 Å². The van der Waals surface area contributed by atoms with E-state index < -0.39 is 6.10 Å². The number of benzene rings is 1. The van der Waals surface area contributed by atoms with E-state index in [1.165, 1.54) is 6.92 Å². The quantitative estimate of drug-likeness (QED) is 0.639. The third-order valence-corrected chi connectivity index (χ3v) is 6.84. The van der Waals surface area contributed by atoms with Gasteiger partial charge in [-0.05, 0) is 50.5 Å². The Morgan fingerprint density at radius 1 is 1.16 bits per heavy atom. The molecule has 0 spiro atoms. The molecule has 0 radical (unpaired) electrons. The molecular formula is C24H31N3O4. The van der Waals surface area contributed by atoms with Gasteiger partial charge in [-0.1, -0.05) is 35.5 Å². The van der Waals surface area contributed by atoms with E-state index in [0.717, 1.165) is 49.0 Å². The minimum Gasteiger partial charge on any atom is -0.391 e. The van der Waals surface area contributed by atoms with Crippen LogP contribution in [-0.2, 0) is 23.1 Å². The molecule has 1 heterocycles. The van der Waals surface area contributed by atoms with Crippen LogP contribution < -0.4 is 10.6 Å². The number of aliphatic hydroxyl groups is 1. The first-order valence-corrected chi connectivity index (χ1v) is 11.2. The number of aryl methyl sites for hydroxylation is 1. The highest BCUT2D eigenvalue weighted by atomic mass is 16.5. The second-order valence-electron chi connectivity index (χ2n) is 8.92. The summed E-state index contributed by atoms with van der Waals surface area (Å²) in [6, 6.07) is 9.86. The van der Waals surface area contributed by atoms with Gasteiger partial charge in [0.05, 0.1) is 12.1 Å². The molecule has 2 amide bonds. The molecule has 3 atom stereocenters. The fraction of sp³-hybridized carbons (Fsp3) is 0.542. The van der Waals surface area contributed by atoms with Gasteiger partial charge >= 0.3 is 0 Å². The zero-order valence-corrected chi connectivity index (χ0v) is 18.0. The van der Waals surface area contributed by atoms with Gasteiger partial charge in [-0.3, -0.25) is 9.59 Å². The highest BCUT2D eigenvalue weighted by Gasteiger charge is 2.39. The zero-order valence-electron chi connectivity index (χ0n) is 18.0. The first-order chi connectivity index (χ1) is 15.0. The van der Waals surface area contributed by atoms with E-state index in [1.54, 1.807) is 0 Å². The van der Waals surface area contributed by atoms with Crippen molar-refractivity contribution in [3.63, 3.8) is 0 Å². The molecule has 3 N–H and O–H groups in total. The predicted molar refractivity (Wildman–Crippen MR) is 116 cm³/mol. The average Bonchev–Trinajstić information content (AvgIpc) is 3.15. The molecule has 7 nitrogen and oxygen atoms in total. The van der Waals surface area contributed by atoms with Gasteiger partial charge in [0.2, 0.25) is 5.91 Å². The molecule has 1 aromatic carbocycles. The van der Waals surface area contributed by atoms with Gasteiger partial charge in [-0.15, -0.1) is 0 Å². The summed E-state index contributed by atoms with van der Waals surface area (Å²) in [5, 5.41) is 20.7. The summed E-state index contributed by atoms with van der Waals surface area (Å²) in [6.45, 7) is 1.91. The Hall–Kier alpha value is -2.67. The van der Waals surface area contributed by atoms with Crippen LogP contribution in [0.2, 0.25) is 0 Å². The molecule has 1 fully saturated rings. The van der Waals surface area contributed by atoms with E-state index in [1.807, 2.05) is 18.2 Å². The van der Waals surface area contributed by atoms with Crippen LogP contribution in [-0.4, -0.2) is 40.8 Å². The van der Waals surface area contributed by atoms with E-state index in [2.05, 4.69) is 27.9 Å². The predicted octanol–water partition coefficient (Wildman–Crippen LogP) is 2.66. The van der Waals surface area contributed by atoms with Gasteiger partial charge in [-0.25, -0.2) is 0 Å². The van der Waals surface area contributed by atoms with Crippen molar-refractivity contribution >= 4 is 11.8 Å². The number of aliphatic hydroxyl groups excluding tert-OH is 1. The summed E-state index contributed by atoms with van der Waals surface area (Å²) in [7, 11) is 0. The molecule has 31 heavy (non-hydrogen) atoms. The summed E-state index contributed by atoms with van der Waals surface area (Å²) in [6.07, 6.45) is 5.83. The summed E-state index contributed by atoms with van der Waals surface area (Å²) >= 11 is 0. The molecule has 0 saturated heterocycles. The molecule has 2 aromatic rings.